The second-order valence-corrected chi connectivity index (χ2v) is 8.92. The standard InChI is InChI=1S/C26H30N4O7/c1-6-30(24(34)20(15-21(27)32)29-25(35)37-26(2,3)4)22(16-7-11-18(31)12-8-16)23(33)28-17-9-13-19(36-5)14-10-17/h1,7-14,20,22,31H,15H2,2-5H3,(H2,27,32)(H,28,33)(H,29,35). The van der Waals surface area contributed by atoms with Gasteiger partial charge in [-0.15, -0.1) is 0 Å². The Kier molecular flexibility index (Phi) is 9.48. The van der Waals surface area contributed by atoms with Crippen molar-refractivity contribution in [1.82, 2.24) is 10.2 Å². The minimum absolute atomic E-state index is 0.0742. The Labute approximate surface area is 214 Å². The first-order valence-corrected chi connectivity index (χ1v) is 11.2. The van der Waals surface area contributed by atoms with E-state index in [1.54, 1.807) is 45.0 Å². The van der Waals surface area contributed by atoms with Crippen molar-refractivity contribution in [2.24, 2.45) is 5.73 Å². The Balaban J connectivity index is 2.44. The Morgan fingerprint density at radius 1 is 1.08 bits per heavy atom. The summed E-state index contributed by atoms with van der Waals surface area (Å²) in [5.74, 6) is -2.05. The summed E-state index contributed by atoms with van der Waals surface area (Å²) in [6.45, 7) is 4.86. The lowest BCUT2D eigenvalue weighted by molar-refractivity contribution is -0.138. The van der Waals surface area contributed by atoms with Crippen molar-refractivity contribution in [3.63, 3.8) is 0 Å². The molecule has 2 aromatic rings. The van der Waals surface area contributed by atoms with E-state index in [1.165, 1.54) is 31.4 Å². The van der Waals surface area contributed by atoms with Gasteiger partial charge in [0.25, 0.3) is 11.8 Å². The van der Waals surface area contributed by atoms with Gasteiger partial charge in [-0.3, -0.25) is 19.3 Å². The summed E-state index contributed by atoms with van der Waals surface area (Å²) in [7, 11) is 1.50. The lowest BCUT2D eigenvalue weighted by Gasteiger charge is -2.30. The molecule has 0 saturated carbocycles. The average Bonchev–Trinajstić information content (AvgIpc) is 2.81. The quantitative estimate of drug-likeness (QED) is 0.297. The van der Waals surface area contributed by atoms with Crippen LogP contribution in [0, 0.1) is 12.5 Å². The molecule has 0 bridgehead atoms. The lowest BCUT2D eigenvalue weighted by Crippen LogP contribution is -2.52. The van der Waals surface area contributed by atoms with Gasteiger partial charge in [0.15, 0.2) is 0 Å². The van der Waals surface area contributed by atoms with Crippen molar-refractivity contribution in [1.29, 1.82) is 0 Å². The minimum Gasteiger partial charge on any atom is -0.508 e. The van der Waals surface area contributed by atoms with Crippen molar-refractivity contribution in [2.75, 3.05) is 12.4 Å². The fourth-order valence-electron chi connectivity index (χ4n) is 3.24. The Bertz CT molecular complexity index is 1170. The number of ether oxygens (including phenoxy) is 2. The number of methoxy groups -OCH3 is 1. The fraction of sp³-hybridized carbons (Fsp3) is 0.308. The van der Waals surface area contributed by atoms with Gasteiger partial charge in [0, 0.05) is 11.7 Å². The molecule has 0 aliphatic heterocycles. The molecule has 0 aliphatic rings. The zero-order valence-corrected chi connectivity index (χ0v) is 21.0. The molecule has 5 N–H and O–H groups in total. The summed E-state index contributed by atoms with van der Waals surface area (Å²) in [5.41, 5.74) is 5.05. The predicted molar refractivity (Wildman–Crippen MR) is 135 cm³/mol. The molecule has 11 heteroatoms. The van der Waals surface area contributed by atoms with Gasteiger partial charge < -0.3 is 30.9 Å². The number of rotatable bonds is 9. The number of aromatic hydroxyl groups is 1. The number of terminal acetylenes is 1. The van der Waals surface area contributed by atoms with Crippen LogP contribution >= 0.6 is 0 Å². The van der Waals surface area contributed by atoms with Crippen LogP contribution in [-0.4, -0.2) is 52.6 Å². The summed E-state index contributed by atoms with van der Waals surface area (Å²) >= 11 is 0. The van der Waals surface area contributed by atoms with E-state index in [0.717, 1.165) is 4.90 Å². The normalized spacial score (nSPS) is 12.3. The maximum atomic E-state index is 13.5. The van der Waals surface area contributed by atoms with Crippen LogP contribution in [0.5, 0.6) is 11.5 Å². The zero-order valence-electron chi connectivity index (χ0n) is 21.0. The highest BCUT2D eigenvalue weighted by Gasteiger charge is 2.36. The molecule has 2 rings (SSSR count). The van der Waals surface area contributed by atoms with Gasteiger partial charge in [-0.25, -0.2) is 4.79 Å². The molecule has 2 unspecified atom stereocenters. The monoisotopic (exact) mass is 510 g/mol. The Morgan fingerprint density at radius 3 is 2.16 bits per heavy atom. The number of carbonyl (C=O) groups is 4. The topological polar surface area (TPSA) is 160 Å². The number of anilines is 1. The molecular formula is C26H30N4O7. The second kappa shape index (κ2) is 12.3. The van der Waals surface area contributed by atoms with Gasteiger partial charge >= 0.3 is 6.09 Å². The smallest absolute Gasteiger partial charge is 0.408 e. The van der Waals surface area contributed by atoms with Crippen LogP contribution in [0.3, 0.4) is 0 Å². The molecule has 0 radical (unpaired) electrons. The maximum absolute atomic E-state index is 13.5. The number of phenols is 1. The molecule has 2 aromatic carbocycles. The molecule has 0 aliphatic carbocycles. The number of amides is 4. The van der Waals surface area contributed by atoms with Gasteiger partial charge in [0.05, 0.1) is 13.5 Å². The van der Waals surface area contributed by atoms with Crippen LogP contribution in [0.25, 0.3) is 0 Å². The van der Waals surface area contributed by atoms with Crippen molar-refractivity contribution in [3.8, 4) is 24.0 Å². The van der Waals surface area contributed by atoms with Crippen LogP contribution in [0.2, 0.25) is 0 Å². The molecule has 0 heterocycles. The molecule has 0 spiro atoms. The third-order valence-corrected chi connectivity index (χ3v) is 4.84. The highest BCUT2D eigenvalue weighted by molar-refractivity contribution is 6.00. The number of alkyl carbamates (subject to hydrolysis) is 1. The minimum atomic E-state index is -1.52. The molecular weight excluding hydrogens is 480 g/mol. The number of primary amides is 1. The van der Waals surface area contributed by atoms with E-state index >= 15 is 0 Å². The van der Waals surface area contributed by atoms with Gasteiger partial charge in [-0.05, 0) is 62.7 Å². The van der Waals surface area contributed by atoms with Crippen molar-refractivity contribution >= 4 is 29.5 Å². The predicted octanol–water partition coefficient (Wildman–Crippen LogP) is 2.27. The van der Waals surface area contributed by atoms with Gasteiger partial charge in [0.1, 0.15) is 29.2 Å². The Hall–Kier alpha value is -4.72. The molecule has 0 fully saturated rings. The van der Waals surface area contributed by atoms with E-state index in [2.05, 4.69) is 16.7 Å². The molecule has 2 atom stereocenters. The summed E-state index contributed by atoms with van der Waals surface area (Å²) in [6, 6.07) is 11.2. The summed E-state index contributed by atoms with van der Waals surface area (Å²) in [6.07, 6.45) is 4.08. The number of nitrogens with zero attached hydrogens (tertiary/aromatic N) is 1. The van der Waals surface area contributed by atoms with Crippen LogP contribution in [-0.2, 0) is 19.1 Å². The first-order valence-electron chi connectivity index (χ1n) is 11.2. The molecule has 196 valence electrons. The first-order chi connectivity index (χ1) is 17.3. The largest absolute Gasteiger partial charge is 0.508 e. The van der Waals surface area contributed by atoms with Crippen LogP contribution in [0.4, 0.5) is 10.5 Å². The van der Waals surface area contributed by atoms with E-state index in [4.69, 9.17) is 21.6 Å². The lowest BCUT2D eigenvalue weighted by atomic mass is 10.0. The number of benzene rings is 2. The van der Waals surface area contributed by atoms with E-state index in [1.807, 2.05) is 0 Å². The van der Waals surface area contributed by atoms with Crippen LogP contribution in [0.1, 0.15) is 38.8 Å². The van der Waals surface area contributed by atoms with E-state index in [-0.39, 0.29) is 11.3 Å². The van der Waals surface area contributed by atoms with Crippen LogP contribution < -0.4 is 21.1 Å². The maximum Gasteiger partial charge on any atom is 0.408 e. The van der Waals surface area contributed by atoms with Gasteiger partial charge in [-0.1, -0.05) is 18.6 Å². The molecule has 0 saturated heterocycles. The van der Waals surface area contributed by atoms with Crippen molar-refractivity contribution in [3.05, 3.63) is 54.1 Å². The fourth-order valence-corrected chi connectivity index (χ4v) is 3.24. The number of hydrogen-bond donors (Lipinski definition) is 4. The number of phenolic OH excluding ortho intramolecular Hbond substituents is 1. The highest BCUT2D eigenvalue weighted by atomic mass is 16.6. The zero-order chi connectivity index (χ0) is 27.8. The summed E-state index contributed by atoms with van der Waals surface area (Å²) in [4.78, 5) is 51.7. The molecule has 4 amide bonds. The van der Waals surface area contributed by atoms with Gasteiger partial charge in [0.2, 0.25) is 5.91 Å². The van der Waals surface area contributed by atoms with E-state index in [9.17, 15) is 24.3 Å². The Morgan fingerprint density at radius 2 is 1.68 bits per heavy atom. The number of carbonyl (C=O) groups excluding carboxylic acids is 4. The third-order valence-electron chi connectivity index (χ3n) is 4.84. The molecule has 11 nitrogen and oxygen atoms in total. The summed E-state index contributed by atoms with van der Waals surface area (Å²) < 4.78 is 10.3. The highest BCUT2D eigenvalue weighted by Crippen LogP contribution is 2.26. The van der Waals surface area contributed by atoms with E-state index < -0.39 is 47.9 Å². The SMILES string of the molecule is C#CN(C(=O)C(CC(N)=O)NC(=O)OC(C)(C)C)C(C(=O)Nc1ccc(OC)cc1)c1ccc(O)cc1. The number of nitrogens with two attached hydrogens (primary N) is 1. The summed E-state index contributed by atoms with van der Waals surface area (Å²) in [5, 5.41) is 14.7. The van der Waals surface area contributed by atoms with Gasteiger partial charge in [-0.2, -0.15) is 0 Å². The van der Waals surface area contributed by atoms with Crippen molar-refractivity contribution in [2.45, 2.75) is 44.9 Å². The second-order valence-electron chi connectivity index (χ2n) is 8.92. The van der Waals surface area contributed by atoms with Crippen molar-refractivity contribution < 1.29 is 33.8 Å². The number of hydrogen-bond acceptors (Lipinski definition) is 7. The van der Waals surface area contributed by atoms with E-state index in [0.29, 0.717) is 11.4 Å². The first kappa shape index (κ1) is 28.5. The molecule has 0 aromatic heterocycles. The third kappa shape index (κ3) is 8.47. The van der Waals surface area contributed by atoms with Crippen LogP contribution in [0.15, 0.2) is 48.5 Å². The molecule has 37 heavy (non-hydrogen) atoms. The average molecular weight is 511 g/mol. The number of nitrogens with one attached hydrogen (secondary N) is 2.